The maximum atomic E-state index is 2.34. The normalized spacial score (nSPS) is 15.2. The first-order valence-electron chi connectivity index (χ1n) is 4.70. The molecule has 0 aromatic carbocycles. The lowest BCUT2D eigenvalue weighted by molar-refractivity contribution is 0.501. The molecule has 0 aliphatic heterocycles. The van der Waals surface area contributed by atoms with Crippen molar-refractivity contribution in [3.05, 3.63) is 12.2 Å². The maximum Gasteiger partial charge on any atom is -0.0259 e. The lowest BCUT2D eigenvalue weighted by Crippen LogP contribution is -1.96. The van der Waals surface area contributed by atoms with E-state index in [1.807, 2.05) is 0 Å². The topological polar surface area (TPSA) is 0 Å². The minimum atomic E-state index is 0.699. The van der Waals surface area contributed by atoms with Gasteiger partial charge < -0.3 is 0 Å². The van der Waals surface area contributed by atoms with Gasteiger partial charge in [-0.25, -0.2) is 0 Å². The average Bonchev–Trinajstić information content (AvgIpc) is 1.82. The van der Waals surface area contributed by atoms with E-state index in [9.17, 15) is 0 Å². The molecule has 0 saturated heterocycles. The summed E-state index contributed by atoms with van der Waals surface area (Å²) in [7, 11) is 0. The van der Waals surface area contributed by atoms with Gasteiger partial charge in [0.1, 0.15) is 0 Å². The molecule has 0 aliphatic carbocycles. The van der Waals surface area contributed by atoms with Gasteiger partial charge in [0.15, 0.2) is 0 Å². The van der Waals surface area contributed by atoms with Gasteiger partial charge >= 0.3 is 0 Å². The summed E-state index contributed by atoms with van der Waals surface area (Å²) in [6.45, 7) is 11.3. The first-order chi connectivity index (χ1) is 5.02. The first kappa shape index (κ1) is 10.7. The highest BCUT2D eigenvalue weighted by Crippen LogP contribution is 2.12. The Hall–Kier alpha value is -0.260. The summed E-state index contributed by atoms with van der Waals surface area (Å²) in [6, 6.07) is 0. The minimum absolute atomic E-state index is 0.699. The lowest BCUT2D eigenvalue weighted by Gasteiger charge is -2.09. The van der Waals surface area contributed by atoms with E-state index in [4.69, 9.17) is 0 Å². The molecule has 0 heterocycles. The third-order valence-corrected chi connectivity index (χ3v) is 1.67. The fraction of sp³-hybridized carbons (Fsp3) is 0.818. The molecule has 1 atom stereocenters. The zero-order valence-electron chi connectivity index (χ0n) is 8.59. The molecule has 66 valence electrons. The van der Waals surface area contributed by atoms with E-state index in [0.29, 0.717) is 5.92 Å². The summed E-state index contributed by atoms with van der Waals surface area (Å²) in [4.78, 5) is 0. The van der Waals surface area contributed by atoms with E-state index in [-0.39, 0.29) is 0 Å². The Labute approximate surface area is 71.7 Å². The lowest BCUT2D eigenvalue weighted by atomic mass is 9.97. The van der Waals surface area contributed by atoms with Gasteiger partial charge in [0.25, 0.3) is 0 Å². The van der Waals surface area contributed by atoms with E-state index in [1.165, 1.54) is 6.42 Å². The molecular weight excluding hydrogens is 132 g/mol. The van der Waals surface area contributed by atoms with Crippen LogP contribution in [0.2, 0.25) is 0 Å². The van der Waals surface area contributed by atoms with Gasteiger partial charge in [-0.1, -0.05) is 46.8 Å². The van der Waals surface area contributed by atoms with Crippen LogP contribution in [0.4, 0.5) is 0 Å². The summed E-state index contributed by atoms with van der Waals surface area (Å²) < 4.78 is 0. The second-order valence-corrected chi connectivity index (χ2v) is 4.24. The smallest absolute Gasteiger partial charge is 0.0259 e. The van der Waals surface area contributed by atoms with E-state index >= 15 is 0 Å². The predicted octanol–water partition coefficient (Wildman–Crippen LogP) is 3.88. The van der Waals surface area contributed by atoms with Crippen molar-refractivity contribution in [1.29, 1.82) is 0 Å². The number of hydrogen-bond acceptors (Lipinski definition) is 0. The van der Waals surface area contributed by atoms with Gasteiger partial charge in [-0.3, -0.25) is 0 Å². The van der Waals surface area contributed by atoms with Crippen molar-refractivity contribution in [2.75, 3.05) is 0 Å². The molecule has 0 bridgehead atoms. The van der Waals surface area contributed by atoms with Crippen molar-refractivity contribution in [3.63, 3.8) is 0 Å². The summed E-state index contributed by atoms with van der Waals surface area (Å²) in [5.74, 6) is 2.27. The number of allylic oxidation sites excluding steroid dienone is 2. The Morgan fingerprint density at radius 3 is 1.82 bits per heavy atom. The largest absolute Gasteiger partial charge is 0.0857 e. The van der Waals surface area contributed by atoms with Gasteiger partial charge in [-0.2, -0.15) is 0 Å². The molecule has 0 heteroatoms. The maximum absolute atomic E-state index is 2.34. The molecule has 0 aromatic rings. The van der Waals surface area contributed by atoms with E-state index in [0.717, 1.165) is 11.8 Å². The van der Waals surface area contributed by atoms with Gasteiger partial charge in [0, 0.05) is 0 Å². The van der Waals surface area contributed by atoms with Crippen molar-refractivity contribution < 1.29 is 0 Å². The third-order valence-electron chi connectivity index (χ3n) is 1.67. The predicted molar refractivity (Wildman–Crippen MR) is 52.6 cm³/mol. The van der Waals surface area contributed by atoms with Crippen LogP contribution in [0.25, 0.3) is 0 Å². The van der Waals surface area contributed by atoms with Crippen molar-refractivity contribution in [1.82, 2.24) is 0 Å². The fourth-order valence-corrected chi connectivity index (χ4v) is 1.23. The van der Waals surface area contributed by atoms with Crippen LogP contribution >= 0.6 is 0 Å². The SMILES string of the molecule is CC(C)/C=C/C(C)CC(C)C. The highest BCUT2D eigenvalue weighted by Gasteiger charge is 2.00. The minimum Gasteiger partial charge on any atom is -0.0857 e. The summed E-state index contributed by atoms with van der Waals surface area (Å²) in [6.07, 6.45) is 5.95. The van der Waals surface area contributed by atoms with Crippen LogP contribution in [0.3, 0.4) is 0 Å². The molecule has 0 spiro atoms. The van der Waals surface area contributed by atoms with Crippen molar-refractivity contribution >= 4 is 0 Å². The molecule has 11 heavy (non-hydrogen) atoms. The van der Waals surface area contributed by atoms with Crippen LogP contribution < -0.4 is 0 Å². The zero-order valence-corrected chi connectivity index (χ0v) is 8.59. The van der Waals surface area contributed by atoms with Crippen LogP contribution in [-0.4, -0.2) is 0 Å². The summed E-state index contributed by atoms with van der Waals surface area (Å²) in [5, 5.41) is 0. The highest BCUT2D eigenvalue weighted by molar-refractivity contribution is 4.88. The molecule has 1 unspecified atom stereocenters. The van der Waals surface area contributed by atoms with Crippen LogP contribution in [0.1, 0.15) is 41.0 Å². The molecule has 0 saturated carbocycles. The quantitative estimate of drug-likeness (QED) is 0.539. The molecule has 0 nitrogen and oxygen atoms in total. The van der Waals surface area contributed by atoms with Crippen LogP contribution in [0.5, 0.6) is 0 Å². The molecule has 0 fully saturated rings. The number of rotatable bonds is 4. The van der Waals surface area contributed by atoms with E-state index < -0.39 is 0 Å². The number of hydrogen-bond donors (Lipinski definition) is 0. The van der Waals surface area contributed by atoms with Crippen molar-refractivity contribution in [2.24, 2.45) is 17.8 Å². The second kappa shape index (κ2) is 5.40. The zero-order chi connectivity index (χ0) is 8.85. The standard InChI is InChI=1S/C11H22/c1-9(2)6-7-11(5)8-10(3)4/h6-7,9-11H,8H2,1-5H3/b7-6+. The summed E-state index contributed by atoms with van der Waals surface area (Å²) in [5.41, 5.74) is 0. The van der Waals surface area contributed by atoms with Gasteiger partial charge in [0.05, 0.1) is 0 Å². The highest BCUT2D eigenvalue weighted by atomic mass is 14.1. The molecule has 0 radical (unpaired) electrons. The summed E-state index contributed by atoms with van der Waals surface area (Å²) >= 11 is 0. The molecule has 0 rings (SSSR count). The van der Waals surface area contributed by atoms with Gasteiger partial charge in [0.2, 0.25) is 0 Å². The Morgan fingerprint density at radius 2 is 1.45 bits per heavy atom. The van der Waals surface area contributed by atoms with Crippen LogP contribution in [0, 0.1) is 17.8 Å². The molecular formula is C11H22. The van der Waals surface area contributed by atoms with Crippen LogP contribution in [-0.2, 0) is 0 Å². The molecule has 0 aliphatic rings. The molecule has 0 aromatic heterocycles. The van der Waals surface area contributed by atoms with Crippen molar-refractivity contribution in [3.8, 4) is 0 Å². The average molecular weight is 154 g/mol. The Kier molecular flexibility index (Phi) is 5.27. The van der Waals surface area contributed by atoms with Crippen LogP contribution in [0.15, 0.2) is 12.2 Å². The molecule has 0 N–H and O–H groups in total. The fourth-order valence-electron chi connectivity index (χ4n) is 1.23. The van der Waals surface area contributed by atoms with Gasteiger partial charge in [-0.15, -0.1) is 0 Å². The van der Waals surface area contributed by atoms with E-state index in [2.05, 4.69) is 46.8 Å². The Bertz CT molecular complexity index is 109. The van der Waals surface area contributed by atoms with Gasteiger partial charge in [-0.05, 0) is 24.2 Å². The first-order valence-corrected chi connectivity index (χ1v) is 4.70. The van der Waals surface area contributed by atoms with Crippen molar-refractivity contribution in [2.45, 2.75) is 41.0 Å². The Morgan fingerprint density at radius 1 is 0.909 bits per heavy atom. The monoisotopic (exact) mass is 154 g/mol. The Balaban J connectivity index is 3.59. The second-order valence-electron chi connectivity index (χ2n) is 4.24. The van der Waals surface area contributed by atoms with E-state index in [1.54, 1.807) is 0 Å². The third kappa shape index (κ3) is 7.64. The molecule has 0 amide bonds.